The first-order valence-corrected chi connectivity index (χ1v) is 8.07. The smallest absolute Gasteiger partial charge is 0.231 e. The molecule has 1 aliphatic heterocycles. The van der Waals surface area contributed by atoms with Crippen LogP contribution in [0, 0.1) is 0 Å². The summed E-state index contributed by atoms with van der Waals surface area (Å²) in [7, 11) is 0. The maximum absolute atomic E-state index is 5.79. The molecule has 3 aromatic carbocycles. The van der Waals surface area contributed by atoms with Crippen LogP contribution in [0.3, 0.4) is 0 Å². The van der Waals surface area contributed by atoms with Gasteiger partial charge in [-0.1, -0.05) is 30.3 Å². The molecule has 4 rings (SSSR count). The molecule has 0 atom stereocenters. The van der Waals surface area contributed by atoms with Crippen LogP contribution in [0.4, 0.5) is 5.69 Å². The van der Waals surface area contributed by atoms with E-state index in [-0.39, 0.29) is 6.79 Å². The monoisotopic (exact) mass is 331 g/mol. The number of ether oxygens (including phenoxy) is 3. The molecule has 0 saturated heterocycles. The summed E-state index contributed by atoms with van der Waals surface area (Å²) in [6.07, 6.45) is 1.82. The lowest BCUT2D eigenvalue weighted by Crippen LogP contribution is -1.94. The number of fused-ring (bicyclic) bond motifs is 1. The van der Waals surface area contributed by atoms with Crippen molar-refractivity contribution in [1.29, 1.82) is 0 Å². The number of benzene rings is 3. The first kappa shape index (κ1) is 15.3. The number of hydrogen-bond acceptors (Lipinski definition) is 4. The van der Waals surface area contributed by atoms with E-state index in [1.165, 1.54) is 0 Å². The van der Waals surface area contributed by atoms with E-state index in [2.05, 4.69) is 4.99 Å². The van der Waals surface area contributed by atoms with Crippen molar-refractivity contribution in [3.63, 3.8) is 0 Å². The second kappa shape index (κ2) is 7.09. The average Bonchev–Trinajstić information content (AvgIpc) is 3.14. The van der Waals surface area contributed by atoms with Gasteiger partial charge in [0.25, 0.3) is 0 Å². The molecule has 0 spiro atoms. The standard InChI is InChI=1S/C21H17NO3/c1-2-4-17(5-3-1)14-23-19-9-6-16(7-10-19)13-22-18-8-11-20-21(12-18)25-15-24-20/h1-13H,14-15H2. The summed E-state index contributed by atoms with van der Waals surface area (Å²) in [6, 6.07) is 23.6. The van der Waals surface area contributed by atoms with Crippen molar-refractivity contribution in [3.05, 3.63) is 83.9 Å². The lowest BCUT2D eigenvalue weighted by molar-refractivity contribution is 0.174. The summed E-state index contributed by atoms with van der Waals surface area (Å²) in [5.41, 5.74) is 2.98. The van der Waals surface area contributed by atoms with Crippen molar-refractivity contribution in [2.24, 2.45) is 4.99 Å². The first-order valence-electron chi connectivity index (χ1n) is 8.07. The van der Waals surface area contributed by atoms with Crippen LogP contribution in [-0.2, 0) is 6.61 Å². The van der Waals surface area contributed by atoms with E-state index in [1.54, 1.807) is 0 Å². The number of hydrogen-bond donors (Lipinski definition) is 0. The second-order valence-corrected chi connectivity index (χ2v) is 5.64. The zero-order valence-corrected chi connectivity index (χ0v) is 13.6. The van der Waals surface area contributed by atoms with Crippen LogP contribution in [0.2, 0.25) is 0 Å². The Kier molecular flexibility index (Phi) is 4.33. The van der Waals surface area contributed by atoms with Crippen LogP contribution in [0.5, 0.6) is 17.2 Å². The molecular weight excluding hydrogens is 314 g/mol. The summed E-state index contributed by atoms with van der Waals surface area (Å²) in [6.45, 7) is 0.832. The Morgan fingerprint density at radius 2 is 1.68 bits per heavy atom. The minimum atomic E-state index is 0.271. The van der Waals surface area contributed by atoms with Crippen LogP contribution in [0.15, 0.2) is 77.8 Å². The second-order valence-electron chi connectivity index (χ2n) is 5.64. The highest BCUT2D eigenvalue weighted by Gasteiger charge is 2.12. The average molecular weight is 331 g/mol. The molecule has 124 valence electrons. The highest BCUT2D eigenvalue weighted by atomic mass is 16.7. The highest BCUT2D eigenvalue weighted by molar-refractivity contribution is 5.82. The fraction of sp³-hybridized carbons (Fsp3) is 0.0952. The SMILES string of the molecule is C(=Nc1ccc2c(c1)OCO2)c1ccc(OCc2ccccc2)cc1. The van der Waals surface area contributed by atoms with Gasteiger partial charge in [0.05, 0.1) is 5.69 Å². The molecule has 4 nitrogen and oxygen atoms in total. The topological polar surface area (TPSA) is 40.0 Å². The minimum Gasteiger partial charge on any atom is -0.489 e. The van der Waals surface area contributed by atoms with E-state index >= 15 is 0 Å². The fourth-order valence-corrected chi connectivity index (χ4v) is 2.51. The number of aliphatic imine (C=N–C) groups is 1. The van der Waals surface area contributed by atoms with E-state index in [9.17, 15) is 0 Å². The predicted molar refractivity (Wildman–Crippen MR) is 97.0 cm³/mol. The molecule has 1 aliphatic rings. The zero-order chi connectivity index (χ0) is 16.9. The van der Waals surface area contributed by atoms with Gasteiger partial charge in [0, 0.05) is 12.3 Å². The third-order valence-electron chi connectivity index (χ3n) is 3.85. The van der Waals surface area contributed by atoms with Gasteiger partial charge in [-0.2, -0.15) is 0 Å². The molecule has 0 amide bonds. The van der Waals surface area contributed by atoms with Crippen molar-refractivity contribution in [3.8, 4) is 17.2 Å². The molecule has 0 aromatic heterocycles. The summed E-state index contributed by atoms with van der Waals surface area (Å²) in [4.78, 5) is 4.48. The molecule has 0 bridgehead atoms. The van der Waals surface area contributed by atoms with Crippen molar-refractivity contribution >= 4 is 11.9 Å². The molecule has 4 heteroatoms. The van der Waals surface area contributed by atoms with Crippen LogP contribution in [-0.4, -0.2) is 13.0 Å². The van der Waals surface area contributed by atoms with Gasteiger partial charge in [0.1, 0.15) is 12.4 Å². The lowest BCUT2D eigenvalue weighted by Gasteiger charge is -2.06. The molecular formula is C21H17NO3. The number of nitrogens with zero attached hydrogens (tertiary/aromatic N) is 1. The van der Waals surface area contributed by atoms with Crippen LogP contribution < -0.4 is 14.2 Å². The lowest BCUT2D eigenvalue weighted by atomic mass is 10.2. The van der Waals surface area contributed by atoms with Gasteiger partial charge in [-0.25, -0.2) is 0 Å². The molecule has 0 N–H and O–H groups in total. The Hall–Kier alpha value is -3.27. The van der Waals surface area contributed by atoms with Gasteiger partial charge < -0.3 is 14.2 Å². The Bertz CT molecular complexity index is 873. The van der Waals surface area contributed by atoms with Gasteiger partial charge in [-0.15, -0.1) is 0 Å². The molecule has 0 saturated carbocycles. The molecule has 3 aromatic rings. The highest BCUT2D eigenvalue weighted by Crippen LogP contribution is 2.35. The van der Waals surface area contributed by atoms with E-state index in [0.717, 1.165) is 34.1 Å². The van der Waals surface area contributed by atoms with E-state index in [0.29, 0.717) is 6.61 Å². The molecule has 0 aliphatic carbocycles. The fourth-order valence-electron chi connectivity index (χ4n) is 2.51. The van der Waals surface area contributed by atoms with Gasteiger partial charge >= 0.3 is 0 Å². The van der Waals surface area contributed by atoms with Crippen LogP contribution in [0.25, 0.3) is 0 Å². The largest absolute Gasteiger partial charge is 0.489 e. The molecule has 0 unspecified atom stereocenters. The zero-order valence-electron chi connectivity index (χ0n) is 13.6. The normalized spacial score (nSPS) is 12.5. The Labute approximate surface area is 146 Å². The molecule has 0 fully saturated rings. The molecule has 0 radical (unpaired) electrons. The van der Waals surface area contributed by atoms with Gasteiger partial charge in [-0.3, -0.25) is 4.99 Å². The van der Waals surface area contributed by atoms with Gasteiger partial charge in [0.2, 0.25) is 6.79 Å². The van der Waals surface area contributed by atoms with Crippen molar-refractivity contribution in [2.75, 3.05) is 6.79 Å². The molecule has 25 heavy (non-hydrogen) atoms. The van der Waals surface area contributed by atoms with Crippen molar-refractivity contribution in [1.82, 2.24) is 0 Å². The van der Waals surface area contributed by atoms with Crippen molar-refractivity contribution in [2.45, 2.75) is 6.61 Å². The van der Waals surface area contributed by atoms with Gasteiger partial charge in [-0.05, 0) is 47.5 Å². The van der Waals surface area contributed by atoms with Crippen LogP contribution in [0.1, 0.15) is 11.1 Å². The van der Waals surface area contributed by atoms with Crippen molar-refractivity contribution < 1.29 is 14.2 Å². The summed E-state index contributed by atoms with van der Waals surface area (Å²) < 4.78 is 16.4. The third-order valence-corrected chi connectivity index (χ3v) is 3.85. The van der Waals surface area contributed by atoms with Crippen LogP contribution >= 0.6 is 0 Å². The Balaban J connectivity index is 1.38. The quantitative estimate of drug-likeness (QED) is 0.634. The predicted octanol–water partition coefficient (Wildman–Crippen LogP) is 4.74. The Morgan fingerprint density at radius 3 is 2.52 bits per heavy atom. The van der Waals surface area contributed by atoms with Gasteiger partial charge in [0.15, 0.2) is 11.5 Å². The first-order chi connectivity index (χ1) is 12.4. The van der Waals surface area contributed by atoms with E-state index < -0.39 is 0 Å². The van der Waals surface area contributed by atoms with E-state index in [1.807, 2.05) is 79.0 Å². The maximum atomic E-state index is 5.79. The number of rotatable bonds is 5. The Morgan fingerprint density at radius 1 is 0.880 bits per heavy atom. The maximum Gasteiger partial charge on any atom is 0.231 e. The minimum absolute atomic E-state index is 0.271. The van der Waals surface area contributed by atoms with E-state index in [4.69, 9.17) is 14.2 Å². The summed E-state index contributed by atoms with van der Waals surface area (Å²) in [5, 5.41) is 0. The summed E-state index contributed by atoms with van der Waals surface area (Å²) in [5.74, 6) is 2.34. The summed E-state index contributed by atoms with van der Waals surface area (Å²) >= 11 is 0. The third kappa shape index (κ3) is 3.80. The molecule has 1 heterocycles.